The number of aromatic nitrogens is 1. The van der Waals surface area contributed by atoms with E-state index in [4.69, 9.17) is 9.47 Å². The van der Waals surface area contributed by atoms with Crippen molar-refractivity contribution in [2.45, 2.75) is 25.7 Å². The second-order valence-corrected chi connectivity index (χ2v) is 8.05. The van der Waals surface area contributed by atoms with Gasteiger partial charge in [-0.1, -0.05) is 0 Å². The zero-order valence-corrected chi connectivity index (χ0v) is 15.5. The van der Waals surface area contributed by atoms with Crippen molar-refractivity contribution < 1.29 is 19.1 Å². The van der Waals surface area contributed by atoms with Gasteiger partial charge in [-0.2, -0.15) is 0 Å². The van der Waals surface area contributed by atoms with Crippen molar-refractivity contribution in [1.29, 1.82) is 0 Å². The normalized spacial score (nSPS) is 20.7. The third-order valence-corrected chi connectivity index (χ3v) is 6.23. The zero-order chi connectivity index (χ0) is 18.4. The van der Waals surface area contributed by atoms with Gasteiger partial charge in [-0.05, 0) is 31.4 Å². The Kier molecular flexibility index (Phi) is 4.00. The maximum Gasteiger partial charge on any atom is 0.231 e. The Morgan fingerprint density at radius 3 is 2.93 bits per heavy atom. The fourth-order valence-corrected chi connectivity index (χ4v) is 4.84. The first-order chi connectivity index (χ1) is 13.2. The molecule has 8 heteroatoms. The minimum absolute atomic E-state index is 0.0616. The lowest BCUT2D eigenvalue weighted by atomic mass is 10.1. The molecule has 1 fully saturated rings. The number of hydrogen-bond donors (Lipinski definition) is 1. The molecule has 1 unspecified atom stereocenters. The Morgan fingerprint density at radius 2 is 2.07 bits per heavy atom. The van der Waals surface area contributed by atoms with Crippen LogP contribution in [-0.4, -0.2) is 36.6 Å². The maximum absolute atomic E-state index is 12.6. The lowest BCUT2D eigenvalue weighted by molar-refractivity contribution is -0.122. The molecular weight excluding hydrogens is 366 g/mol. The van der Waals surface area contributed by atoms with Crippen LogP contribution in [-0.2, 0) is 22.4 Å². The van der Waals surface area contributed by atoms with Gasteiger partial charge in [0.15, 0.2) is 16.6 Å². The molecule has 0 radical (unpaired) electrons. The number of amides is 2. The molecule has 1 aromatic carbocycles. The van der Waals surface area contributed by atoms with Crippen LogP contribution in [0, 0.1) is 5.92 Å². The van der Waals surface area contributed by atoms with Crippen LogP contribution >= 0.6 is 11.3 Å². The number of carbonyl (C=O) groups excluding carboxylic acids is 2. The molecule has 2 aliphatic heterocycles. The lowest BCUT2D eigenvalue weighted by Gasteiger charge is -2.22. The molecule has 1 saturated heterocycles. The zero-order valence-electron chi connectivity index (χ0n) is 14.7. The number of thiazole rings is 1. The minimum atomic E-state index is -0.385. The van der Waals surface area contributed by atoms with Crippen molar-refractivity contribution in [1.82, 2.24) is 4.98 Å². The molecule has 2 amide bonds. The van der Waals surface area contributed by atoms with Gasteiger partial charge >= 0.3 is 0 Å². The monoisotopic (exact) mass is 385 g/mol. The van der Waals surface area contributed by atoms with E-state index in [1.54, 1.807) is 22.3 Å². The summed E-state index contributed by atoms with van der Waals surface area (Å²) < 4.78 is 11.1. The first-order valence-corrected chi connectivity index (χ1v) is 9.98. The highest BCUT2D eigenvalue weighted by molar-refractivity contribution is 7.15. The van der Waals surface area contributed by atoms with Crippen LogP contribution in [0.3, 0.4) is 0 Å². The van der Waals surface area contributed by atoms with Crippen LogP contribution in [0.15, 0.2) is 18.2 Å². The molecule has 0 bridgehead atoms. The van der Waals surface area contributed by atoms with E-state index in [9.17, 15) is 9.59 Å². The van der Waals surface area contributed by atoms with Crippen LogP contribution in [0.1, 0.15) is 23.4 Å². The summed E-state index contributed by atoms with van der Waals surface area (Å²) in [4.78, 5) is 32.5. The third-order valence-electron chi connectivity index (χ3n) is 5.16. The second-order valence-electron chi connectivity index (χ2n) is 6.97. The Hall–Kier alpha value is -2.61. The predicted octanol–water partition coefficient (Wildman–Crippen LogP) is 2.39. The molecule has 1 atom stereocenters. The van der Waals surface area contributed by atoms with Gasteiger partial charge in [0.2, 0.25) is 11.8 Å². The number of nitrogens with zero attached hydrogens (tertiary/aromatic N) is 2. The van der Waals surface area contributed by atoms with Gasteiger partial charge < -0.3 is 19.7 Å². The summed E-state index contributed by atoms with van der Waals surface area (Å²) in [6, 6.07) is 5.44. The standard InChI is InChI=1S/C19H19N3O4S/c23-17-8-11(18(24)21-19-20-13-2-1-3-16(13)27-19)10-22(17)12-4-5-14-15(9-12)26-7-6-25-14/h4-5,9,11H,1-3,6-8,10H2,(H,20,21,24). The molecule has 1 N–H and O–H groups in total. The number of nitrogens with one attached hydrogen (secondary N) is 1. The lowest BCUT2D eigenvalue weighted by Crippen LogP contribution is -2.28. The number of anilines is 2. The van der Waals surface area contributed by atoms with E-state index in [-0.39, 0.29) is 24.2 Å². The van der Waals surface area contributed by atoms with Crippen LogP contribution in [0.4, 0.5) is 10.8 Å². The molecule has 0 spiro atoms. The largest absolute Gasteiger partial charge is 0.486 e. The van der Waals surface area contributed by atoms with Crippen molar-refractivity contribution in [3.05, 3.63) is 28.8 Å². The number of hydrogen-bond acceptors (Lipinski definition) is 6. The minimum Gasteiger partial charge on any atom is -0.486 e. The number of ether oxygens (including phenoxy) is 2. The van der Waals surface area contributed by atoms with E-state index in [0.29, 0.717) is 36.4 Å². The number of fused-ring (bicyclic) bond motifs is 2. The molecule has 140 valence electrons. The quantitative estimate of drug-likeness (QED) is 0.878. The van der Waals surface area contributed by atoms with E-state index in [0.717, 1.165) is 30.6 Å². The van der Waals surface area contributed by atoms with Gasteiger partial charge in [-0.3, -0.25) is 9.59 Å². The highest BCUT2D eigenvalue weighted by Crippen LogP contribution is 2.36. The first kappa shape index (κ1) is 16.6. The smallest absolute Gasteiger partial charge is 0.231 e. The van der Waals surface area contributed by atoms with Gasteiger partial charge in [-0.25, -0.2) is 4.98 Å². The van der Waals surface area contributed by atoms with Gasteiger partial charge in [-0.15, -0.1) is 11.3 Å². The van der Waals surface area contributed by atoms with Gasteiger partial charge in [0.05, 0.1) is 11.6 Å². The fourth-order valence-electron chi connectivity index (χ4n) is 3.78. The topological polar surface area (TPSA) is 80.8 Å². The number of carbonyl (C=O) groups is 2. The van der Waals surface area contributed by atoms with E-state index < -0.39 is 0 Å². The Labute approximate surface area is 160 Å². The number of rotatable bonds is 3. The summed E-state index contributed by atoms with van der Waals surface area (Å²) in [5.74, 6) is 0.730. The van der Waals surface area contributed by atoms with Gasteiger partial charge in [0.25, 0.3) is 0 Å². The molecule has 7 nitrogen and oxygen atoms in total. The molecule has 3 heterocycles. The van der Waals surface area contributed by atoms with Crippen molar-refractivity contribution in [3.63, 3.8) is 0 Å². The summed E-state index contributed by atoms with van der Waals surface area (Å²) in [7, 11) is 0. The van der Waals surface area contributed by atoms with E-state index in [1.165, 1.54) is 4.88 Å². The van der Waals surface area contributed by atoms with Crippen molar-refractivity contribution in [3.8, 4) is 11.5 Å². The molecule has 1 aliphatic carbocycles. The fraction of sp³-hybridized carbons (Fsp3) is 0.421. The molecule has 1 aromatic heterocycles. The second kappa shape index (κ2) is 6.53. The molecule has 3 aliphatic rings. The Bertz CT molecular complexity index is 904. The highest BCUT2D eigenvalue weighted by atomic mass is 32.1. The Morgan fingerprint density at radius 1 is 1.22 bits per heavy atom. The molecule has 2 aromatic rings. The van der Waals surface area contributed by atoms with Crippen molar-refractivity contribution in [2.24, 2.45) is 5.92 Å². The predicted molar refractivity (Wildman–Crippen MR) is 101 cm³/mol. The van der Waals surface area contributed by atoms with E-state index in [2.05, 4.69) is 10.3 Å². The average molecular weight is 385 g/mol. The van der Waals surface area contributed by atoms with Crippen LogP contribution in [0.2, 0.25) is 0 Å². The van der Waals surface area contributed by atoms with Gasteiger partial charge in [0.1, 0.15) is 13.2 Å². The summed E-state index contributed by atoms with van der Waals surface area (Å²) >= 11 is 1.55. The SMILES string of the molecule is O=C(Nc1nc2c(s1)CCC2)C1CC(=O)N(c2ccc3c(c2)OCCO3)C1. The average Bonchev–Trinajstić information content (AvgIpc) is 3.36. The number of benzene rings is 1. The molecule has 27 heavy (non-hydrogen) atoms. The van der Waals surface area contributed by atoms with Crippen LogP contribution < -0.4 is 19.7 Å². The number of aryl methyl sites for hydroxylation is 2. The van der Waals surface area contributed by atoms with Crippen molar-refractivity contribution in [2.75, 3.05) is 30.0 Å². The maximum atomic E-state index is 12.6. The van der Waals surface area contributed by atoms with Crippen molar-refractivity contribution >= 4 is 34.0 Å². The molecule has 0 saturated carbocycles. The first-order valence-electron chi connectivity index (χ1n) is 9.17. The summed E-state index contributed by atoms with van der Waals surface area (Å²) in [6.07, 6.45) is 3.37. The summed E-state index contributed by atoms with van der Waals surface area (Å²) in [6.45, 7) is 1.38. The van der Waals surface area contributed by atoms with E-state index in [1.807, 2.05) is 12.1 Å². The van der Waals surface area contributed by atoms with Gasteiger partial charge in [0, 0.05) is 29.6 Å². The van der Waals surface area contributed by atoms with E-state index >= 15 is 0 Å². The molecular formula is C19H19N3O4S. The summed E-state index contributed by atoms with van der Waals surface area (Å²) in [5, 5.41) is 3.55. The Balaban J connectivity index is 1.29. The third kappa shape index (κ3) is 3.03. The highest BCUT2D eigenvalue weighted by Gasteiger charge is 2.36. The molecule has 5 rings (SSSR count). The summed E-state index contributed by atoms with van der Waals surface area (Å²) in [5.41, 5.74) is 1.84. The van der Waals surface area contributed by atoms with Crippen LogP contribution in [0.5, 0.6) is 11.5 Å². The van der Waals surface area contributed by atoms with Crippen LogP contribution in [0.25, 0.3) is 0 Å².